The molecule has 6 heteroatoms. The molecular formula is C17H15BrN2O2S. The maximum atomic E-state index is 12.6. The van der Waals surface area contributed by atoms with Gasteiger partial charge in [0.15, 0.2) is 0 Å². The van der Waals surface area contributed by atoms with Gasteiger partial charge in [-0.05, 0) is 52.5 Å². The Hall–Kier alpha value is -1.79. The molecule has 1 saturated heterocycles. The third-order valence-electron chi connectivity index (χ3n) is 3.65. The zero-order valence-corrected chi connectivity index (χ0v) is 14.9. The average Bonchev–Trinajstić information content (AvgIpc) is 2.82. The van der Waals surface area contributed by atoms with E-state index in [1.54, 1.807) is 17.8 Å². The number of carbonyl (C=O) groups is 2. The topological polar surface area (TPSA) is 49.4 Å². The summed E-state index contributed by atoms with van der Waals surface area (Å²) in [5.74, 6) is -0.420. The number of nitrogens with one attached hydrogen (secondary N) is 1. The summed E-state index contributed by atoms with van der Waals surface area (Å²) in [6, 6.07) is 14.5. The highest BCUT2D eigenvalue weighted by atomic mass is 79.9. The second-order valence-corrected chi connectivity index (χ2v) is 6.89. The Kier molecular flexibility index (Phi) is 4.73. The van der Waals surface area contributed by atoms with Crippen LogP contribution in [0.3, 0.4) is 0 Å². The molecule has 0 radical (unpaired) electrons. The molecule has 0 bridgehead atoms. The number of halogens is 1. The van der Waals surface area contributed by atoms with E-state index in [1.807, 2.05) is 48.7 Å². The molecule has 1 N–H and O–H groups in total. The molecule has 23 heavy (non-hydrogen) atoms. The molecule has 2 aromatic rings. The fourth-order valence-electron chi connectivity index (χ4n) is 2.54. The van der Waals surface area contributed by atoms with Gasteiger partial charge in [0.25, 0.3) is 5.91 Å². The molecule has 0 spiro atoms. The van der Waals surface area contributed by atoms with Crippen LogP contribution >= 0.6 is 27.7 Å². The van der Waals surface area contributed by atoms with Gasteiger partial charge in [-0.15, -0.1) is 11.8 Å². The highest BCUT2D eigenvalue weighted by molar-refractivity contribution is 9.10. The SMILES string of the molecule is CSc1cccc(N[C@@H]2CC(=O)N(c3ccccc3Br)C2=O)c1. The van der Waals surface area contributed by atoms with Crippen LogP contribution in [0.25, 0.3) is 0 Å². The maximum absolute atomic E-state index is 12.6. The van der Waals surface area contributed by atoms with Gasteiger partial charge in [0.2, 0.25) is 5.91 Å². The summed E-state index contributed by atoms with van der Waals surface area (Å²) in [4.78, 5) is 27.3. The van der Waals surface area contributed by atoms with Crippen LogP contribution in [0.2, 0.25) is 0 Å². The van der Waals surface area contributed by atoms with E-state index in [9.17, 15) is 9.59 Å². The molecule has 2 aromatic carbocycles. The van der Waals surface area contributed by atoms with Crippen molar-refractivity contribution in [3.05, 3.63) is 53.0 Å². The first-order valence-corrected chi connectivity index (χ1v) is 9.14. The van der Waals surface area contributed by atoms with E-state index >= 15 is 0 Å². The van der Waals surface area contributed by atoms with Crippen molar-refractivity contribution >= 4 is 50.9 Å². The maximum Gasteiger partial charge on any atom is 0.256 e. The van der Waals surface area contributed by atoms with Gasteiger partial charge in [0.1, 0.15) is 6.04 Å². The minimum absolute atomic E-state index is 0.156. The van der Waals surface area contributed by atoms with E-state index < -0.39 is 6.04 Å². The molecular weight excluding hydrogens is 376 g/mol. The summed E-state index contributed by atoms with van der Waals surface area (Å²) in [5.41, 5.74) is 1.43. The van der Waals surface area contributed by atoms with Crippen molar-refractivity contribution in [3.8, 4) is 0 Å². The first kappa shape index (κ1) is 16.1. The third-order valence-corrected chi connectivity index (χ3v) is 5.05. The number of thioether (sulfide) groups is 1. The zero-order chi connectivity index (χ0) is 16.4. The van der Waals surface area contributed by atoms with Gasteiger partial charge >= 0.3 is 0 Å². The second kappa shape index (κ2) is 6.76. The number of hydrogen-bond acceptors (Lipinski definition) is 4. The molecule has 118 valence electrons. The summed E-state index contributed by atoms with van der Waals surface area (Å²) < 4.78 is 0.728. The predicted molar refractivity (Wildman–Crippen MR) is 96.9 cm³/mol. The van der Waals surface area contributed by atoms with Crippen LogP contribution in [0.4, 0.5) is 11.4 Å². The van der Waals surface area contributed by atoms with E-state index in [0.717, 1.165) is 15.1 Å². The number of benzene rings is 2. The lowest BCUT2D eigenvalue weighted by Crippen LogP contribution is -2.35. The van der Waals surface area contributed by atoms with Crippen LogP contribution in [0.5, 0.6) is 0 Å². The van der Waals surface area contributed by atoms with Gasteiger partial charge in [-0.25, -0.2) is 4.90 Å². The minimum Gasteiger partial charge on any atom is -0.373 e. The Morgan fingerprint density at radius 2 is 1.96 bits per heavy atom. The number of nitrogens with zero attached hydrogens (tertiary/aromatic N) is 1. The summed E-state index contributed by atoms with van der Waals surface area (Å²) in [6.07, 6.45) is 2.15. The molecule has 0 saturated carbocycles. The molecule has 1 aliphatic heterocycles. The molecule has 1 aliphatic rings. The molecule has 1 heterocycles. The van der Waals surface area contributed by atoms with Crippen molar-refractivity contribution in [1.29, 1.82) is 0 Å². The normalized spacial score (nSPS) is 17.7. The van der Waals surface area contributed by atoms with Crippen LogP contribution in [0.1, 0.15) is 6.42 Å². The largest absolute Gasteiger partial charge is 0.373 e. The molecule has 1 fully saturated rings. The van der Waals surface area contributed by atoms with Gasteiger partial charge in [0, 0.05) is 15.1 Å². The quantitative estimate of drug-likeness (QED) is 0.634. The monoisotopic (exact) mass is 390 g/mol. The molecule has 0 aliphatic carbocycles. The number of imide groups is 1. The number of amides is 2. The summed E-state index contributed by atoms with van der Waals surface area (Å²) in [7, 11) is 0. The number of para-hydroxylation sites is 1. The number of rotatable bonds is 4. The van der Waals surface area contributed by atoms with Gasteiger partial charge in [-0.2, -0.15) is 0 Å². The van der Waals surface area contributed by atoms with Crippen molar-refractivity contribution in [2.45, 2.75) is 17.4 Å². The fourth-order valence-corrected chi connectivity index (χ4v) is 3.47. The van der Waals surface area contributed by atoms with Gasteiger partial charge in [-0.3, -0.25) is 9.59 Å². The Labute approximate surface area is 147 Å². The molecule has 4 nitrogen and oxygen atoms in total. The zero-order valence-electron chi connectivity index (χ0n) is 12.5. The van der Waals surface area contributed by atoms with Crippen molar-refractivity contribution < 1.29 is 9.59 Å². The van der Waals surface area contributed by atoms with Crippen LogP contribution < -0.4 is 10.2 Å². The Balaban J connectivity index is 1.82. The van der Waals surface area contributed by atoms with E-state index in [-0.39, 0.29) is 18.2 Å². The second-order valence-electron chi connectivity index (χ2n) is 5.15. The Morgan fingerprint density at radius 1 is 1.17 bits per heavy atom. The van der Waals surface area contributed by atoms with Crippen LogP contribution in [-0.4, -0.2) is 24.1 Å². The van der Waals surface area contributed by atoms with Crippen molar-refractivity contribution in [3.63, 3.8) is 0 Å². The molecule has 2 amide bonds. The predicted octanol–water partition coefficient (Wildman–Crippen LogP) is 3.92. The molecule has 0 unspecified atom stereocenters. The van der Waals surface area contributed by atoms with Crippen LogP contribution in [0.15, 0.2) is 57.9 Å². The van der Waals surface area contributed by atoms with E-state index in [0.29, 0.717) is 5.69 Å². The first-order valence-electron chi connectivity index (χ1n) is 7.12. The first-order chi connectivity index (χ1) is 11.1. The van der Waals surface area contributed by atoms with Gasteiger partial charge in [-0.1, -0.05) is 18.2 Å². The highest BCUT2D eigenvalue weighted by Gasteiger charge is 2.40. The van der Waals surface area contributed by atoms with Gasteiger partial charge < -0.3 is 5.32 Å². The smallest absolute Gasteiger partial charge is 0.256 e. The Bertz CT molecular complexity index is 766. The van der Waals surface area contributed by atoms with Gasteiger partial charge in [0.05, 0.1) is 12.1 Å². The van der Waals surface area contributed by atoms with Crippen molar-refractivity contribution in [2.24, 2.45) is 0 Å². The lowest BCUT2D eigenvalue weighted by atomic mass is 10.2. The number of carbonyl (C=O) groups excluding carboxylic acids is 2. The molecule has 0 aromatic heterocycles. The highest BCUT2D eigenvalue weighted by Crippen LogP contribution is 2.31. The van der Waals surface area contributed by atoms with E-state index in [4.69, 9.17) is 0 Å². The lowest BCUT2D eigenvalue weighted by molar-refractivity contribution is -0.121. The Morgan fingerprint density at radius 3 is 2.70 bits per heavy atom. The summed E-state index contributed by atoms with van der Waals surface area (Å²) in [6.45, 7) is 0. The fraction of sp³-hybridized carbons (Fsp3) is 0.176. The van der Waals surface area contributed by atoms with E-state index in [2.05, 4.69) is 21.2 Å². The number of anilines is 2. The number of hydrogen-bond donors (Lipinski definition) is 1. The van der Waals surface area contributed by atoms with Crippen LogP contribution in [0, 0.1) is 0 Å². The third kappa shape index (κ3) is 3.28. The summed E-state index contributed by atoms with van der Waals surface area (Å²) >= 11 is 5.03. The minimum atomic E-state index is -0.535. The van der Waals surface area contributed by atoms with Crippen molar-refractivity contribution in [2.75, 3.05) is 16.5 Å². The lowest BCUT2D eigenvalue weighted by Gasteiger charge is -2.17. The molecule has 3 rings (SSSR count). The standard InChI is InChI=1S/C17H15BrN2O2S/c1-23-12-6-4-5-11(9-12)19-14-10-16(21)20(17(14)22)15-8-3-2-7-13(15)18/h2-9,14,19H,10H2,1H3/t14-/m1/s1. The summed E-state index contributed by atoms with van der Waals surface area (Å²) in [5, 5.41) is 3.17. The van der Waals surface area contributed by atoms with Crippen LogP contribution in [-0.2, 0) is 9.59 Å². The average molecular weight is 391 g/mol. The van der Waals surface area contributed by atoms with Crippen molar-refractivity contribution in [1.82, 2.24) is 0 Å². The molecule has 1 atom stereocenters. The van der Waals surface area contributed by atoms with E-state index in [1.165, 1.54) is 4.90 Å².